The van der Waals surface area contributed by atoms with Crippen molar-refractivity contribution in [2.45, 2.75) is 51.7 Å². The summed E-state index contributed by atoms with van der Waals surface area (Å²) in [6.07, 6.45) is 6.23. The van der Waals surface area contributed by atoms with Crippen LogP contribution in [-0.2, 0) is 10.0 Å². The summed E-state index contributed by atoms with van der Waals surface area (Å²) in [4.78, 5) is 8.91. The minimum atomic E-state index is -3.25. The molecule has 0 atom stereocenters. The van der Waals surface area contributed by atoms with Gasteiger partial charge in [-0.1, -0.05) is 30.7 Å². The average molecular weight is 391 g/mol. The molecule has 1 aromatic heterocycles. The van der Waals surface area contributed by atoms with Gasteiger partial charge in [0, 0.05) is 18.7 Å². The highest BCUT2D eigenvalue weighted by atomic mass is 32.2. The third-order valence-corrected chi connectivity index (χ3v) is 6.53. The van der Waals surface area contributed by atoms with Crippen molar-refractivity contribution < 1.29 is 8.42 Å². The number of benzene rings is 1. The van der Waals surface area contributed by atoms with Gasteiger partial charge in [0.05, 0.1) is 22.8 Å². The topological polar surface area (TPSA) is 84.0 Å². The summed E-state index contributed by atoms with van der Waals surface area (Å²) >= 11 is 0. The number of aryl methyl sites for hydroxylation is 1. The Morgan fingerprint density at radius 1 is 0.963 bits per heavy atom. The standard InChI is InChI=1S/C20H30N4O2S/c1-16-10-6-7-11-17(16)18-14-23-19(15-22-18)21-12-8-5-9-13-24-27(25,26)20(2,3)4/h6-7,10-11,14-15,24H,5,8-9,12-13H2,1-4H3,(H,21,23). The second-order valence-corrected chi connectivity index (χ2v) is 10.1. The van der Waals surface area contributed by atoms with E-state index in [0.29, 0.717) is 6.54 Å². The van der Waals surface area contributed by atoms with Gasteiger partial charge in [0.1, 0.15) is 5.82 Å². The first kappa shape index (κ1) is 21.3. The number of aromatic nitrogens is 2. The zero-order chi connectivity index (χ0) is 19.9. The van der Waals surface area contributed by atoms with Gasteiger partial charge in [-0.2, -0.15) is 0 Å². The molecule has 0 amide bonds. The van der Waals surface area contributed by atoms with Crippen LogP contribution in [0, 0.1) is 6.92 Å². The summed E-state index contributed by atoms with van der Waals surface area (Å²) in [5, 5.41) is 3.26. The van der Waals surface area contributed by atoms with Crippen molar-refractivity contribution in [3.05, 3.63) is 42.2 Å². The van der Waals surface area contributed by atoms with Crippen molar-refractivity contribution in [2.75, 3.05) is 18.4 Å². The molecular weight excluding hydrogens is 360 g/mol. The maximum Gasteiger partial charge on any atom is 0.216 e. The van der Waals surface area contributed by atoms with Gasteiger partial charge in [0.25, 0.3) is 0 Å². The fraction of sp³-hybridized carbons (Fsp3) is 0.500. The monoisotopic (exact) mass is 390 g/mol. The van der Waals surface area contributed by atoms with E-state index >= 15 is 0 Å². The Kier molecular flexibility index (Phi) is 7.33. The molecule has 0 saturated heterocycles. The third kappa shape index (κ3) is 6.29. The van der Waals surface area contributed by atoms with Crippen molar-refractivity contribution in [3.63, 3.8) is 0 Å². The second kappa shape index (κ2) is 9.28. The highest BCUT2D eigenvalue weighted by molar-refractivity contribution is 7.90. The zero-order valence-corrected chi connectivity index (χ0v) is 17.4. The Hall–Kier alpha value is -1.99. The first-order chi connectivity index (χ1) is 12.7. The van der Waals surface area contributed by atoms with Crippen LogP contribution in [0.15, 0.2) is 36.7 Å². The predicted octanol–water partition coefficient (Wildman–Crippen LogP) is 3.75. The molecule has 2 rings (SSSR count). The summed E-state index contributed by atoms with van der Waals surface area (Å²) in [5.41, 5.74) is 3.13. The van der Waals surface area contributed by atoms with Gasteiger partial charge >= 0.3 is 0 Å². The largest absolute Gasteiger partial charge is 0.369 e. The average Bonchev–Trinajstić information content (AvgIpc) is 2.61. The number of nitrogens with zero attached hydrogens (tertiary/aromatic N) is 2. The molecule has 0 aliphatic rings. The molecule has 148 valence electrons. The summed E-state index contributed by atoms with van der Waals surface area (Å²) in [7, 11) is -3.25. The van der Waals surface area contributed by atoms with Crippen LogP contribution >= 0.6 is 0 Å². The van der Waals surface area contributed by atoms with Gasteiger partial charge in [-0.25, -0.2) is 18.1 Å². The molecule has 27 heavy (non-hydrogen) atoms. The first-order valence-electron chi connectivity index (χ1n) is 9.32. The normalized spacial score (nSPS) is 12.1. The molecule has 0 spiro atoms. The molecule has 0 bridgehead atoms. The Bertz CT molecular complexity index is 828. The van der Waals surface area contributed by atoms with Crippen LogP contribution in [0.25, 0.3) is 11.3 Å². The maximum atomic E-state index is 11.9. The van der Waals surface area contributed by atoms with Crippen LogP contribution in [0.2, 0.25) is 0 Å². The number of hydrogen-bond donors (Lipinski definition) is 2. The van der Waals surface area contributed by atoms with Crippen LogP contribution in [0.5, 0.6) is 0 Å². The summed E-state index contributed by atoms with van der Waals surface area (Å²) in [6, 6.07) is 8.11. The summed E-state index contributed by atoms with van der Waals surface area (Å²) < 4.78 is 25.8. The lowest BCUT2D eigenvalue weighted by Gasteiger charge is -2.19. The molecule has 2 aromatic rings. The van der Waals surface area contributed by atoms with Gasteiger partial charge in [-0.3, -0.25) is 4.98 Å². The van der Waals surface area contributed by atoms with E-state index in [1.54, 1.807) is 33.2 Å². The number of hydrogen-bond acceptors (Lipinski definition) is 5. The van der Waals surface area contributed by atoms with E-state index in [0.717, 1.165) is 42.9 Å². The molecule has 0 radical (unpaired) electrons. The van der Waals surface area contributed by atoms with E-state index in [1.165, 1.54) is 5.56 Å². The smallest absolute Gasteiger partial charge is 0.216 e. The van der Waals surface area contributed by atoms with E-state index < -0.39 is 14.8 Å². The Labute approximate surface area is 162 Å². The van der Waals surface area contributed by atoms with Gasteiger partial charge in [0.15, 0.2) is 0 Å². The third-order valence-electron chi connectivity index (χ3n) is 4.33. The second-order valence-electron chi connectivity index (χ2n) is 7.60. The fourth-order valence-electron chi connectivity index (χ4n) is 2.48. The quantitative estimate of drug-likeness (QED) is 0.637. The number of rotatable bonds is 9. The maximum absolute atomic E-state index is 11.9. The van der Waals surface area contributed by atoms with E-state index in [2.05, 4.69) is 33.0 Å². The highest BCUT2D eigenvalue weighted by Crippen LogP contribution is 2.20. The number of unbranched alkanes of at least 4 members (excludes halogenated alkanes) is 2. The van der Waals surface area contributed by atoms with Crippen LogP contribution in [0.1, 0.15) is 45.6 Å². The minimum absolute atomic E-state index is 0.477. The Morgan fingerprint density at radius 3 is 2.30 bits per heavy atom. The summed E-state index contributed by atoms with van der Waals surface area (Å²) in [5.74, 6) is 0.751. The molecule has 6 nitrogen and oxygen atoms in total. The molecule has 0 fully saturated rings. The molecule has 0 unspecified atom stereocenters. The van der Waals surface area contributed by atoms with Crippen LogP contribution in [0.4, 0.5) is 5.82 Å². The van der Waals surface area contributed by atoms with Gasteiger partial charge < -0.3 is 5.32 Å². The minimum Gasteiger partial charge on any atom is -0.369 e. The number of nitrogens with one attached hydrogen (secondary N) is 2. The molecule has 7 heteroatoms. The predicted molar refractivity (Wildman–Crippen MR) is 111 cm³/mol. The number of anilines is 1. The summed E-state index contributed by atoms with van der Waals surface area (Å²) in [6.45, 7) is 8.42. The molecule has 2 N–H and O–H groups in total. The molecule has 1 aromatic carbocycles. The van der Waals surface area contributed by atoms with E-state index in [1.807, 2.05) is 18.2 Å². The van der Waals surface area contributed by atoms with Gasteiger partial charge in [-0.15, -0.1) is 0 Å². The zero-order valence-electron chi connectivity index (χ0n) is 16.6. The van der Waals surface area contributed by atoms with E-state index in [4.69, 9.17) is 0 Å². The Balaban J connectivity index is 1.69. The van der Waals surface area contributed by atoms with Crippen molar-refractivity contribution in [2.24, 2.45) is 0 Å². The van der Waals surface area contributed by atoms with Crippen LogP contribution in [0.3, 0.4) is 0 Å². The first-order valence-corrected chi connectivity index (χ1v) is 10.8. The van der Waals surface area contributed by atoms with E-state index in [9.17, 15) is 8.42 Å². The van der Waals surface area contributed by atoms with Gasteiger partial charge in [0.2, 0.25) is 10.0 Å². The lowest BCUT2D eigenvalue weighted by atomic mass is 10.1. The highest BCUT2D eigenvalue weighted by Gasteiger charge is 2.27. The number of sulfonamides is 1. The Morgan fingerprint density at radius 2 is 1.67 bits per heavy atom. The lowest BCUT2D eigenvalue weighted by molar-refractivity contribution is 0.540. The van der Waals surface area contributed by atoms with Crippen molar-refractivity contribution >= 4 is 15.8 Å². The molecule has 0 aliphatic carbocycles. The SMILES string of the molecule is Cc1ccccc1-c1cnc(NCCCCCNS(=O)(=O)C(C)(C)C)cn1. The van der Waals surface area contributed by atoms with Crippen molar-refractivity contribution in [1.82, 2.24) is 14.7 Å². The molecular formula is C20H30N4O2S. The lowest BCUT2D eigenvalue weighted by Crippen LogP contribution is -2.39. The van der Waals surface area contributed by atoms with E-state index in [-0.39, 0.29) is 0 Å². The van der Waals surface area contributed by atoms with Crippen molar-refractivity contribution in [3.8, 4) is 11.3 Å². The van der Waals surface area contributed by atoms with Crippen molar-refractivity contribution in [1.29, 1.82) is 0 Å². The molecule has 1 heterocycles. The molecule has 0 saturated carbocycles. The van der Waals surface area contributed by atoms with Crippen LogP contribution in [-0.4, -0.2) is 36.2 Å². The fourth-order valence-corrected chi connectivity index (χ4v) is 3.33. The van der Waals surface area contributed by atoms with Crippen LogP contribution < -0.4 is 10.0 Å². The van der Waals surface area contributed by atoms with Gasteiger partial charge in [-0.05, 0) is 46.1 Å². The molecule has 0 aliphatic heterocycles.